The highest BCUT2D eigenvalue weighted by molar-refractivity contribution is 6.95. The fourth-order valence-electron chi connectivity index (χ4n) is 8.63. The zero-order valence-electron chi connectivity index (χ0n) is 33.1. The van der Waals surface area contributed by atoms with Crippen LogP contribution in [-0.4, -0.2) is 33.6 Å². The van der Waals surface area contributed by atoms with Crippen LogP contribution in [0, 0.1) is 5.41 Å². The SMILES string of the molecule is CC(C)(C)CC(C)(C)c1ccc(OC2CCCCO2)c(-n2c3cc([Si](C)(C)C)ccc3c3ccc([Si](C)(C(C)(C)C)C(C)(C)C)cc32)c1. The van der Waals surface area contributed by atoms with Crippen molar-refractivity contribution in [2.24, 2.45) is 5.41 Å². The maximum Gasteiger partial charge on any atom is 0.199 e. The van der Waals surface area contributed by atoms with Crippen LogP contribution in [0.5, 0.6) is 5.75 Å². The third-order valence-electron chi connectivity index (χ3n) is 11.6. The van der Waals surface area contributed by atoms with Gasteiger partial charge in [-0.05, 0) is 70.0 Å². The van der Waals surface area contributed by atoms with Crippen molar-refractivity contribution in [2.75, 3.05) is 6.61 Å². The average molecular weight is 684 g/mol. The molecule has 1 aliphatic rings. The first-order chi connectivity index (χ1) is 21.9. The number of ether oxygens (including phenoxy) is 2. The van der Waals surface area contributed by atoms with Gasteiger partial charge in [0.15, 0.2) is 6.29 Å². The number of fused-ring (bicyclic) bond motifs is 3. The zero-order valence-corrected chi connectivity index (χ0v) is 35.1. The molecule has 0 bridgehead atoms. The van der Waals surface area contributed by atoms with Crippen LogP contribution < -0.4 is 15.1 Å². The third-order valence-corrected chi connectivity index (χ3v) is 21.1. The second-order valence-corrected chi connectivity index (χ2v) is 30.8. The Bertz CT molecular complexity index is 1770. The monoisotopic (exact) mass is 683 g/mol. The van der Waals surface area contributed by atoms with Crippen LogP contribution >= 0.6 is 0 Å². The van der Waals surface area contributed by atoms with Gasteiger partial charge in [-0.25, -0.2) is 0 Å². The molecule has 5 rings (SSSR count). The summed E-state index contributed by atoms with van der Waals surface area (Å²) in [7, 11) is -3.62. The van der Waals surface area contributed by atoms with E-state index in [4.69, 9.17) is 9.47 Å². The lowest BCUT2D eigenvalue weighted by Crippen LogP contribution is -2.58. The molecule has 4 aromatic rings. The first-order valence-electron chi connectivity index (χ1n) is 18.5. The molecule has 48 heavy (non-hydrogen) atoms. The van der Waals surface area contributed by atoms with E-state index in [9.17, 15) is 0 Å². The van der Waals surface area contributed by atoms with Gasteiger partial charge in [0, 0.05) is 17.2 Å². The molecule has 1 saturated heterocycles. The number of hydrogen-bond acceptors (Lipinski definition) is 2. The first-order valence-corrected chi connectivity index (χ1v) is 24.5. The molecular weight excluding hydrogens is 619 g/mol. The lowest BCUT2D eigenvalue weighted by molar-refractivity contribution is -0.105. The summed E-state index contributed by atoms with van der Waals surface area (Å²) in [4.78, 5) is 0. The molecule has 1 aromatic heterocycles. The van der Waals surface area contributed by atoms with Crippen LogP contribution in [0.1, 0.15) is 107 Å². The van der Waals surface area contributed by atoms with Crippen molar-refractivity contribution in [1.29, 1.82) is 0 Å². The van der Waals surface area contributed by atoms with Crippen molar-refractivity contribution in [3.05, 3.63) is 60.2 Å². The van der Waals surface area contributed by atoms with Crippen LogP contribution in [0.25, 0.3) is 27.5 Å². The summed E-state index contributed by atoms with van der Waals surface area (Å²) in [6.45, 7) is 37.3. The summed E-state index contributed by atoms with van der Waals surface area (Å²) < 4.78 is 15.6. The smallest absolute Gasteiger partial charge is 0.199 e. The largest absolute Gasteiger partial charge is 0.463 e. The molecule has 1 aliphatic heterocycles. The Kier molecular flexibility index (Phi) is 9.58. The normalized spacial score (nSPS) is 17.4. The predicted octanol–water partition coefficient (Wildman–Crippen LogP) is 11.8. The van der Waals surface area contributed by atoms with Crippen molar-refractivity contribution in [1.82, 2.24) is 4.57 Å². The van der Waals surface area contributed by atoms with Crippen molar-refractivity contribution in [3.63, 3.8) is 0 Å². The molecule has 262 valence electrons. The lowest BCUT2D eigenvalue weighted by Gasteiger charge is -2.50. The molecule has 1 atom stereocenters. The van der Waals surface area contributed by atoms with Gasteiger partial charge in [-0.1, -0.05) is 143 Å². The first kappa shape index (κ1) is 36.9. The van der Waals surface area contributed by atoms with E-state index < -0.39 is 16.1 Å². The van der Waals surface area contributed by atoms with Gasteiger partial charge in [0.1, 0.15) is 5.75 Å². The van der Waals surface area contributed by atoms with Crippen LogP contribution in [0.4, 0.5) is 0 Å². The van der Waals surface area contributed by atoms with E-state index in [-0.39, 0.29) is 27.2 Å². The fraction of sp³-hybridized carbons (Fsp3) is 0.581. The van der Waals surface area contributed by atoms with E-state index in [1.807, 2.05) is 0 Å². The van der Waals surface area contributed by atoms with Crippen molar-refractivity contribution in [2.45, 2.75) is 150 Å². The molecule has 5 heteroatoms. The summed E-state index contributed by atoms with van der Waals surface area (Å²) in [6.07, 6.45) is 4.03. The Labute approximate surface area is 294 Å². The van der Waals surface area contributed by atoms with E-state index in [2.05, 4.69) is 162 Å². The molecule has 0 aliphatic carbocycles. The fourth-order valence-corrected chi connectivity index (χ4v) is 14.6. The van der Waals surface area contributed by atoms with Gasteiger partial charge in [0.25, 0.3) is 0 Å². The highest BCUT2D eigenvalue weighted by atomic mass is 28.3. The molecule has 1 unspecified atom stereocenters. The van der Waals surface area contributed by atoms with Crippen LogP contribution in [0.15, 0.2) is 54.6 Å². The van der Waals surface area contributed by atoms with Gasteiger partial charge >= 0.3 is 0 Å². The number of rotatable bonds is 7. The zero-order chi connectivity index (χ0) is 35.7. The Morgan fingerprint density at radius 3 is 1.77 bits per heavy atom. The maximum atomic E-state index is 6.85. The van der Waals surface area contributed by atoms with Crippen molar-refractivity contribution >= 4 is 48.3 Å². The van der Waals surface area contributed by atoms with Gasteiger partial charge < -0.3 is 14.0 Å². The summed E-state index contributed by atoms with van der Waals surface area (Å²) in [5.74, 6) is 0.909. The summed E-state index contributed by atoms with van der Waals surface area (Å²) in [5.41, 5.74) is 5.23. The maximum absolute atomic E-state index is 6.85. The molecular formula is C43H65NO2Si2. The summed E-state index contributed by atoms with van der Waals surface area (Å²) in [6, 6.07) is 21.7. The molecule has 0 spiro atoms. The van der Waals surface area contributed by atoms with Crippen LogP contribution in [-0.2, 0) is 10.2 Å². The molecule has 0 radical (unpaired) electrons. The molecule has 0 amide bonds. The average Bonchev–Trinajstić information content (AvgIpc) is 3.27. The summed E-state index contributed by atoms with van der Waals surface area (Å²) in [5, 5.41) is 5.99. The van der Waals surface area contributed by atoms with E-state index in [0.29, 0.717) is 0 Å². The Morgan fingerprint density at radius 2 is 1.27 bits per heavy atom. The Balaban J connectivity index is 1.90. The number of hydrogen-bond donors (Lipinski definition) is 0. The van der Waals surface area contributed by atoms with E-state index in [1.54, 1.807) is 0 Å². The standard InChI is InChI=1S/C43H65NO2Si2/c1-40(2,3)29-43(10,11)30-19-24-38(46-39-18-16-17-25-45-39)37(26-30)44-35-27-31(47(12,13)14)20-22-33(35)34-23-21-32(28-36(34)44)48(15,41(4,5)6)42(7,8)9/h19-24,26-28,39H,16-18,25,29H2,1-15H3. The molecule has 3 nitrogen and oxygen atoms in total. The van der Waals surface area contributed by atoms with E-state index in [1.165, 1.54) is 37.7 Å². The van der Waals surface area contributed by atoms with Gasteiger partial charge in [-0.2, -0.15) is 0 Å². The molecule has 0 saturated carbocycles. The molecule has 1 fully saturated rings. The quantitative estimate of drug-likeness (QED) is 0.181. The van der Waals surface area contributed by atoms with Crippen molar-refractivity contribution in [3.8, 4) is 11.4 Å². The van der Waals surface area contributed by atoms with Crippen LogP contribution in [0.3, 0.4) is 0 Å². The number of nitrogens with zero attached hydrogens (tertiary/aromatic N) is 1. The lowest BCUT2D eigenvalue weighted by atomic mass is 9.72. The summed E-state index contributed by atoms with van der Waals surface area (Å²) >= 11 is 0. The minimum atomic E-state index is -2.03. The third kappa shape index (κ3) is 6.98. The minimum absolute atomic E-state index is 0.00969. The molecule has 0 N–H and O–H groups in total. The van der Waals surface area contributed by atoms with E-state index in [0.717, 1.165) is 43.7 Å². The minimum Gasteiger partial charge on any atom is -0.463 e. The second-order valence-electron chi connectivity index (χ2n) is 19.9. The van der Waals surface area contributed by atoms with Gasteiger partial charge in [-0.3, -0.25) is 0 Å². The molecule has 2 heterocycles. The Morgan fingerprint density at radius 1 is 0.708 bits per heavy atom. The highest BCUT2D eigenvalue weighted by Crippen LogP contribution is 2.51. The van der Waals surface area contributed by atoms with E-state index >= 15 is 0 Å². The van der Waals surface area contributed by atoms with Gasteiger partial charge in [0.05, 0.1) is 39.5 Å². The topological polar surface area (TPSA) is 23.4 Å². The Hall–Kier alpha value is -2.35. The van der Waals surface area contributed by atoms with Crippen molar-refractivity contribution < 1.29 is 9.47 Å². The second kappa shape index (κ2) is 12.5. The molecule has 3 aromatic carbocycles. The predicted molar refractivity (Wildman–Crippen MR) is 216 cm³/mol. The van der Waals surface area contributed by atoms with Gasteiger partial charge in [-0.15, -0.1) is 0 Å². The number of aromatic nitrogens is 1. The number of benzene rings is 3. The van der Waals surface area contributed by atoms with Gasteiger partial charge in [0.2, 0.25) is 0 Å². The highest BCUT2D eigenvalue weighted by Gasteiger charge is 2.50. The van der Waals surface area contributed by atoms with Crippen LogP contribution in [0.2, 0.25) is 36.3 Å².